The van der Waals surface area contributed by atoms with Crippen LogP contribution in [0.4, 0.5) is 0 Å². The molecule has 0 unspecified atom stereocenters. The van der Waals surface area contributed by atoms with Crippen molar-refractivity contribution in [1.82, 2.24) is 0 Å². The molecular weight excluding hydrogens is 174 g/mol. The normalized spacial score (nSPS) is 10.4. The van der Waals surface area contributed by atoms with E-state index in [1.54, 1.807) is 0 Å². The molecule has 0 radical (unpaired) electrons. The minimum Gasteiger partial charge on any atom is -0.460 e. The predicted octanol–water partition coefficient (Wildman–Crippen LogP) is 2.71. The molecule has 1 aromatic heterocycles. The smallest absolute Gasteiger partial charge is 0.134 e. The fourth-order valence-corrected chi connectivity index (χ4v) is 1.44. The Bertz CT molecular complexity index is 431. The van der Waals surface area contributed by atoms with Gasteiger partial charge in [0, 0.05) is 5.56 Å². The lowest BCUT2D eigenvalue weighted by atomic mass is 10.1. The summed E-state index contributed by atoms with van der Waals surface area (Å²) in [6.45, 7) is 2.52. The molecule has 0 aliphatic heterocycles. The molecule has 2 aromatic rings. The Balaban J connectivity index is 2.39. The lowest BCUT2D eigenvalue weighted by molar-refractivity contribution is 0.525. The van der Waals surface area contributed by atoms with E-state index in [-0.39, 0.29) is 0 Å². The van der Waals surface area contributed by atoms with Crippen LogP contribution in [0.1, 0.15) is 11.3 Å². The first kappa shape index (κ1) is 9.03. The number of furan rings is 1. The molecule has 0 amide bonds. The van der Waals surface area contributed by atoms with Gasteiger partial charge in [-0.1, -0.05) is 23.8 Å². The van der Waals surface area contributed by atoms with Gasteiger partial charge in [-0.15, -0.1) is 0 Å². The van der Waals surface area contributed by atoms with E-state index in [4.69, 9.17) is 10.2 Å². The second kappa shape index (κ2) is 3.68. The van der Waals surface area contributed by atoms with Crippen LogP contribution in [0.5, 0.6) is 0 Å². The summed E-state index contributed by atoms with van der Waals surface area (Å²) in [6.07, 6.45) is 0. The summed E-state index contributed by atoms with van der Waals surface area (Å²) < 4.78 is 5.55. The highest BCUT2D eigenvalue weighted by Crippen LogP contribution is 2.22. The van der Waals surface area contributed by atoms with Crippen molar-refractivity contribution in [2.75, 3.05) is 0 Å². The average Bonchev–Trinajstić information content (AvgIpc) is 2.66. The van der Waals surface area contributed by atoms with Gasteiger partial charge >= 0.3 is 0 Å². The monoisotopic (exact) mass is 187 g/mol. The number of aryl methyl sites for hydroxylation is 1. The molecule has 0 saturated carbocycles. The molecule has 1 heterocycles. The van der Waals surface area contributed by atoms with E-state index in [1.807, 2.05) is 24.3 Å². The number of rotatable bonds is 2. The fraction of sp³-hybridized carbons (Fsp3) is 0.167. The van der Waals surface area contributed by atoms with Crippen molar-refractivity contribution in [3.8, 4) is 11.3 Å². The van der Waals surface area contributed by atoms with Crippen LogP contribution in [0.15, 0.2) is 40.8 Å². The standard InChI is InChI=1S/C12H13NO/c1-9-3-2-4-10(7-9)12-6-5-11(8-13)14-12/h2-7H,8,13H2,1H3. The maximum Gasteiger partial charge on any atom is 0.134 e. The van der Waals surface area contributed by atoms with Crippen LogP contribution in [-0.4, -0.2) is 0 Å². The van der Waals surface area contributed by atoms with Gasteiger partial charge in [-0.2, -0.15) is 0 Å². The summed E-state index contributed by atoms with van der Waals surface area (Å²) in [5.41, 5.74) is 7.81. The number of nitrogens with two attached hydrogens (primary N) is 1. The Hall–Kier alpha value is -1.54. The van der Waals surface area contributed by atoms with Gasteiger partial charge in [0.15, 0.2) is 0 Å². The minimum atomic E-state index is 0.450. The summed E-state index contributed by atoms with van der Waals surface area (Å²) in [5.74, 6) is 1.70. The SMILES string of the molecule is Cc1cccc(-c2ccc(CN)o2)c1. The fourth-order valence-electron chi connectivity index (χ4n) is 1.44. The molecule has 0 saturated heterocycles. The largest absolute Gasteiger partial charge is 0.460 e. The number of hydrogen-bond donors (Lipinski definition) is 1. The van der Waals surface area contributed by atoms with E-state index in [0.29, 0.717) is 6.54 Å². The highest BCUT2D eigenvalue weighted by Gasteiger charge is 2.02. The summed E-state index contributed by atoms with van der Waals surface area (Å²) in [4.78, 5) is 0. The zero-order chi connectivity index (χ0) is 9.97. The van der Waals surface area contributed by atoms with E-state index in [1.165, 1.54) is 5.56 Å². The van der Waals surface area contributed by atoms with Crippen LogP contribution >= 0.6 is 0 Å². The topological polar surface area (TPSA) is 39.2 Å². The number of benzene rings is 1. The molecule has 2 heteroatoms. The Morgan fingerprint density at radius 3 is 2.71 bits per heavy atom. The van der Waals surface area contributed by atoms with Gasteiger partial charge in [0.2, 0.25) is 0 Å². The van der Waals surface area contributed by atoms with Crippen LogP contribution in [0.2, 0.25) is 0 Å². The third-order valence-corrected chi connectivity index (χ3v) is 2.17. The average molecular weight is 187 g/mol. The molecule has 2 rings (SSSR count). The summed E-state index contributed by atoms with van der Waals surface area (Å²) in [6, 6.07) is 12.1. The van der Waals surface area contributed by atoms with Crippen molar-refractivity contribution in [2.24, 2.45) is 5.73 Å². The van der Waals surface area contributed by atoms with E-state index in [0.717, 1.165) is 17.1 Å². The Kier molecular flexibility index (Phi) is 2.37. The van der Waals surface area contributed by atoms with Crippen LogP contribution in [0.3, 0.4) is 0 Å². The van der Waals surface area contributed by atoms with Crippen molar-refractivity contribution in [3.63, 3.8) is 0 Å². The third kappa shape index (κ3) is 1.70. The molecule has 0 atom stereocenters. The van der Waals surface area contributed by atoms with Crippen molar-refractivity contribution in [1.29, 1.82) is 0 Å². The second-order valence-corrected chi connectivity index (χ2v) is 3.34. The lowest BCUT2D eigenvalue weighted by Gasteiger charge is -1.98. The molecule has 72 valence electrons. The third-order valence-electron chi connectivity index (χ3n) is 2.17. The maximum absolute atomic E-state index is 5.55. The summed E-state index contributed by atoms with van der Waals surface area (Å²) >= 11 is 0. The minimum absolute atomic E-state index is 0.450. The predicted molar refractivity (Wildman–Crippen MR) is 56.8 cm³/mol. The molecule has 1 aromatic carbocycles. The van der Waals surface area contributed by atoms with Crippen LogP contribution in [-0.2, 0) is 6.54 Å². The summed E-state index contributed by atoms with van der Waals surface area (Å²) in [5, 5.41) is 0. The van der Waals surface area contributed by atoms with Gasteiger partial charge in [-0.05, 0) is 25.1 Å². The van der Waals surface area contributed by atoms with Crippen LogP contribution in [0, 0.1) is 6.92 Å². The van der Waals surface area contributed by atoms with E-state index in [2.05, 4.69) is 19.1 Å². The first-order valence-electron chi connectivity index (χ1n) is 4.65. The van der Waals surface area contributed by atoms with E-state index in [9.17, 15) is 0 Å². The molecule has 14 heavy (non-hydrogen) atoms. The van der Waals surface area contributed by atoms with E-state index < -0.39 is 0 Å². The van der Waals surface area contributed by atoms with Gasteiger partial charge in [0.25, 0.3) is 0 Å². The quantitative estimate of drug-likeness (QED) is 0.785. The molecule has 2 nitrogen and oxygen atoms in total. The zero-order valence-corrected chi connectivity index (χ0v) is 8.16. The molecule has 0 spiro atoms. The van der Waals surface area contributed by atoms with Gasteiger partial charge in [0.05, 0.1) is 6.54 Å². The summed E-state index contributed by atoms with van der Waals surface area (Å²) in [7, 11) is 0. The van der Waals surface area contributed by atoms with E-state index >= 15 is 0 Å². The Labute approximate surface area is 83.4 Å². The first-order chi connectivity index (χ1) is 6.79. The highest BCUT2D eigenvalue weighted by molar-refractivity contribution is 5.58. The molecule has 0 bridgehead atoms. The Morgan fingerprint density at radius 1 is 1.21 bits per heavy atom. The van der Waals surface area contributed by atoms with Gasteiger partial charge in [0.1, 0.15) is 11.5 Å². The van der Waals surface area contributed by atoms with Gasteiger partial charge in [-0.3, -0.25) is 0 Å². The second-order valence-electron chi connectivity index (χ2n) is 3.34. The number of hydrogen-bond acceptors (Lipinski definition) is 2. The van der Waals surface area contributed by atoms with Crippen molar-refractivity contribution in [3.05, 3.63) is 47.7 Å². The molecule has 0 aliphatic carbocycles. The molecule has 2 N–H and O–H groups in total. The van der Waals surface area contributed by atoms with Crippen LogP contribution in [0.25, 0.3) is 11.3 Å². The maximum atomic E-state index is 5.55. The highest BCUT2D eigenvalue weighted by atomic mass is 16.3. The zero-order valence-electron chi connectivity index (χ0n) is 8.16. The Morgan fingerprint density at radius 2 is 2.07 bits per heavy atom. The first-order valence-corrected chi connectivity index (χ1v) is 4.65. The van der Waals surface area contributed by atoms with Gasteiger partial charge in [-0.25, -0.2) is 0 Å². The molecule has 0 fully saturated rings. The van der Waals surface area contributed by atoms with Gasteiger partial charge < -0.3 is 10.2 Å². The van der Waals surface area contributed by atoms with Crippen molar-refractivity contribution >= 4 is 0 Å². The van der Waals surface area contributed by atoms with Crippen LogP contribution < -0.4 is 5.73 Å². The lowest BCUT2D eigenvalue weighted by Crippen LogP contribution is -1.92. The molecular formula is C12H13NO. The van der Waals surface area contributed by atoms with Crippen molar-refractivity contribution in [2.45, 2.75) is 13.5 Å². The molecule has 0 aliphatic rings. The van der Waals surface area contributed by atoms with Crippen molar-refractivity contribution < 1.29 is 4.42 Å².